The fraction of sp³-hybridized carbons (Fsp3) is 0.409. The summed E-state index contributed by atoms with van der Waals surface area (Å²) in [7, 11) is -3.96. The van der Waals surface area contributed by atoms with Crippen molar-refractivity contribution >= 4 is 33.5 Å². The molecule has 1 atom stereocenters. The zero-order chi connectivity index (χ0) is 24.0. The van der Waals surface area contributed by atoms with E-state index in [2.05, 4.69) is 9.71 Å². The van der Waals surface area contributed by atoms with Crippen molar-refractivity contribution < 1.29 is 32.6 Å². The van der Waals surface area contributed by atoms with Crippen molar-refractivity contribution in [3.63, 3.8) is 0 Å². The third-order valence-electron chi connectivity index (χ3n) is 5.14. The van der Waals surface area contributed by atoms with Crippen LogP contribution in [-0.2, 0) is 19.6 Å². The molecule has 1 aromatic carbocycles. The summed E-state index contributed by atoms with van der Waals surface area (Å²) < 4.78 is 38.2. The van der Waals surface area contributed by atoms with Gasteiger partial charge in [-0.25, -0.2) is 18.2 Å². The summed E-state index contributed by atoms with van der Waals surface area (Å²) in [5.41, 5.74) is -0.143. The summed E-state index contributed by atoms with van der Waals surface area (Å²) in [6.07, 6.45) is 2.59. The predicted molar refractivity (Wildman–Crippen MR) is 121 cm³/mol. The zero-order valence-electron chi connectivity index (χ0n) is 18.5. The van der Waals surface area contributed by atoms with Crippen LogP contribution in [0.3, 0.4) is 0 Å². The van der Waals surface area contributed by atoms with Crippen LogP contribution in [0.4, 0.5) is 11.5 Å². The van der Waals surface area contributed by atoms with E-state index >= 15 is 0 Å². The summed E-state index contributed by atoms with van der Waals surface area (Å²) in [5.74, 6) is -1.23. The number of aromatic nitrogens is 1. The van der Waals surface area contributed by atoms with Gasteiger partial charge >= 0.3 is 11.9 Å². The van der Waals surface area contributed by atoms with Crippen LogP contribution in [0.1, 0.15) is 37.0 Å². The molecule has 0 amide bonds. The lowest BCUT2D eigenvalue weighted by atomic mass is 9.98. The van der Waals surface area contributed by atoms with Gasteiger partial charge in [0.05, 0.1) is 35.9 Å². The molecule has 0 aliphatic carbocycles. The molecule has 10 nitrogen and oxygen atoms in total. The van der Waals surface area contributed by atoms with Crippen molar-refractivity contribution in [2.45, 2.75) is 31.6 Å². The van der Waals surface area contributed by atoms with E-state index in [1.807, 2.05) is 6.92 Å². The van der Waals surface area contributed by atoms with Crippen LogP contribution in [-0.4, -0.2) is 56.8 Å². The third-order valence-corrected chi connectivity index (χ3v) is 6.53. The Kier molecular flexibility index (Phi) is 7.75. The fourth-order valence-corrected chi connectivity index (χ4v) is 4.67. The van der Waals surface area contributed by atoms with Crippen LogP contribution in [0.25, 0.3) is 0 Å². The number of esters is 1. The van der Waals surface area contributed by atoms with Crippen molar-refractivity contribution in [3.8, 4) is 5.75 Å². The van der Waals surface area contributed by atoms with Gasteiger partial charge in [-0.1, -0.05) is 0 Å². The number of nitrogens with zero attached hydrogens (tertiary/aromatic N) is 2. The highest BCUT2D eigenvalue weighted by Crippen LogP contribution is 2.28. The average Bonchev–Trinajstić information content (AvgIpc) is 2.79. The van der Waals surface area contributed by atoms with E-state index < -0.39 is 16.0 Å². The number of nitrogens with one attached hydrogen (secondary N) is 1. The first-order chi connectivity index (χ1) is 15.7. The van der Waals surface area contributed by atoms with Gasteiger partial charge in [0.1, 0.15) is 17.1 Å². The van der Waals surface area contributed by atoms with E-state index in [9.17, 15) is 23.1 Å². The highest BCUT2D eigenvalue weighted by atomic mass is 32.2. The maximum absolute atomic E-state index is 12.7. The van der Waals surface area contributed by atoms with Crippen molar-refractivity contribution in [2.75, 3.05) is 35.9 Å². The first kappa shape index (κ1) is 24.3. The van der Waals surface area contributed by atoms with Crippen LogP contribution >= 0.6 is 0 Å². The highest BCUT2D eigenvalue weighted by Gasteiger charge is 2.30. The Balaban J connectivity index is 1.82. The standard InChI is InChI=1S/C22H27N3O7S/c1-3-31-17-7-9-18(10-8-17)33(29,30)24-16-12-19(21(26)27)20(23-13-16)25-11-5-6-15(14-25)22(28)32-4-2/h7-10,12-13,15,24H,3-6,11,14H2,1-2H3,(H,26,27). The number of carboxylic acid groups (broad SMARTS) is 1. The lowest BCUT2D eigenvalue weighted by molar-refractivity contribution is -0.148. The van der Waals surface area contributed by atoms with Crippen LogP contribution < -0.4 is 14.4 Å². The molecule has 1 aromatic heterocycles. The topological polar surface area (TPSA) is 135 Å². The molecule has 0 bridgehead atoms. The summed E-state index contributed by atoms with van der Waals surface area (Å²) in [5, 5.41) is 9.73. The van der Waals surface area contributed by atoms with Gasteiger partial charge < -0.3 is 19.5 Å². The van der Waals surface area contributed by atoms with Gasteiger partial charge in [-0.15, -0.1) is 0 Å². The third kappa shape index (κ3) is 5.92. The molecule has 178 valence electrons. The Morgan fingerprint density at radius 2 is 1.94 bits per heavy atom. The Bertz CT molecular complexity index is 1100. The Morgan fingerprint density at radius 3 is 2.58 bits per heavy atom. The monoisotopic (exact) mass is 477 g/mol. The molecule has 0 saturated carbocycles. The van der Waals surface area contributed by atoms with E-state index in [0.717, 1.165) is 0 Å². The molecule has 0 spiro atoms. The smallest absolute Gasteiger partial charge is 0.339 e. The average molecular weight is 478 g/mol. The minimum Gasteiger partial charge on any atom is -0.494 e. The minimum absolute atomic E-state index is 0.000198. The number of hydrogen-bond acceptors (Lipinski definition) is 8. The maximum Gasteiger partial charge on any atom is 0.339 e. The molecule has 3 rings (SSSR count). The lowest BCUT2D eigenvalue weighted by Crippen LogP contribution is -2.40. The molecule has 2 N–H and O–H groups in total. The fourth-order valence-electron chi connectivity index (χ4n) is 3.64. The van der Waals surface area contributed by atoms with Gasteiger partial charge in [0, 0.05) is 13.1 Å². The molecule has 1 fully saturated rings. The number of ether oxygens (including phenoxy) is 2. The molecular formula is C22H27N3O7S. The van der Waals surface area contributed by atoms with E-state index in [1.54, 1.807) is 24.0 Å². The summed E-state index contributed by atoms with van der Waals surface area (Å²) in [6, 6.07) is 7.11. The minimum atomic E-state index is -3.96. The van der Waals surface area contributed by atoms with Crippen LogP contribution in [0.15, 0.2) is 41.4 Å². The van der Waals surface area contributed by atoms with Crippen molar-refractivity contribution in [1.29, 1.82) is 0 Å². The number of piperidine rings is 1. The van der Waals surface area contributed by atoms with Crippen LogP contribution in [0.5, 0.6) is 5.75 Å². The lowest BCUT2D eigenvalue weighted by Gasteiger charge is -2.33. The van der Waals surface area contributed by atoms with E-state index in [4.69, 9.17) is 9.47 Å². The molecule has 33 heavy (non-hydrogen) atoms. The van der Waals surface area contributed by atoms with E-state index in [-0.39, 0.29) is 47.0 Å². The normalized spacial score (nSPS) is 16.2. The quantitative estimate of drug-likeness (QED) is 0.523. The molecule has 2 aromatic rings. The van der Waals surface area contributed by atoms with Gasteiger partial charge in [0.2, 0.25) is 0 Å². The van der Waals surface area contributed by atoms with Crippen LogP contribution in [0, 0.1) is 5.92 Å². The second-order valence-corrected chi connectivity index (χ2v) is 9.13. The maximum atomic E-state index is 12.7. The van der Waals surface area contributed by atoms with E-state index in [1.165, 1.54) is 24.4 Å². The largest absolute Gasteiger partial charge is 0.494 e. The molecule has 1 aliphatic rings. The van der Waals surface area contributed by atoms with Gasteiger partial charge in [0.25, 0.3) is 10.0 Å². The van der Waals surface area contributed by atoms with Gasteiger partial charge in [-0.3, -0.25) is 9.52 Å². The second kappa shape index (κ2) is 10.5. The number of carbonyl (C=O) groups excluding carboxylic acids is 1. The Hall–Kier alpha value is -3.34. The SMILES string of the molecule is CCOC(=O)C1CCCN(c2ncc(NS(=O)(=O)c3ccc(OCC)cc3)cc2C(=O)O)C1. The summed E-state index contributed by atoms with van der Waals surface area (Å²) in [6.45, 7) is 5.10. The predicted octanol–water partition coefficient (Wildman–Crippen LogP) is 2.76. The Labute approximate surface area is 192 Å². The zero-order valence-corrected chi connectivity index (χ0v) is 19.3. The molecule has 11 heteroatoms. The number of sulfonamides is 1. The number of carboxylic acids is 1. The number of aromatic carboxylic acids is 1. The van der Waals surface area contributed by atoms with Gasteiger partial charge in [-0.05, 0) is 57.0 Å². The number of rotatable bonds is 9. The first-order valence-corrected chi connectivity index (χ1v) is 12.1. The summed E-state index contributed by atoms with van der Waals surface area (Å²) in [4.78, 5) is 30.0. The van der Waals surface area contributed by atoms with Crippen molar-refractivity contribution in [3.05, 3.63) is 42.1 Å². The summed E-state index contributed by atoms with van der Waals surface area (Å²) >= 11 is 0. The second-order valence-electron chi connectivity index (χ2n) is 7.45. The van der Waals surface area contributed by atoms with Gasteiger partial charge in [-0.2, -0.15) is 0 Å². The number of pyridine rings is 1. The van der Waals surface area contributed by atoms with E-state index in [0.29, 0.717) is 31.7 Å². The van der Waals surface area contributed by atoms with Crippen molar-refractivity contribution in [1.82, 2.24) is 4.98 Å². The molecule has 2 heterocycles. The number of anilines is 2. The molecule has 0 radical (unpaired) electrons. The van der Waals surface area contributed by atoms with Gasteiger partial charge in [0.15, 0.2) is 0 Å². The van der Waals surface area contributed by atoms with Crippen LogP contribution in [0.2, 0.25) is 0 Å². The molecule has 1 aliphatic heterocycles. The number of carbonyl (C=O) groups is 2. The highest BCUT2D eigenvalue weighted by molar-refractivity contribution is 7.92. The molecule has 1 unspecified atom stereocenters. The molecule has 1 saturated heterocycles. The first-order valence-electron chi connectivity index (χ1n) is 10.7. The Morgan fingerprint density at radius 1 is 1.21 bits per heavy atom. The molecular weight excluding hydrogens is 450 g/mol. The van der Waals surface area contributed by atoms with Crippen molar-refractivity contribution in [2.24, 2.45) is 5.92 Å². The number of hydrogen-bond donors (Lipinski definition) is 2. The number of benzene rings is 1.